The second-order valence-electron chi connectivity index (χ2n) is 2.90. The van der Waals surface area contributed by atoms with Gasteiger partial charge in [0, 0.05) is 0 Å². The molecule has 0 atom stereocenters. The molecule has 0 heterocycles. The lowest BCUT2D eigenvalue weighted by Gasteiger charge is -1.99. The number of hydrogen-bond acceptors (Lipinski definition) is 1. The van der Waals surface area contributed by atoms with E-state index in [2.05, 4.69) is 18.6 Å². The summed E-state index contributed by atoms with van der Waals surface area (Å²) in [6.07, 6.45) is 1.38. The highest BCUT2D eigenvalue weighted by Crippen LogP contribution is 2.05. The zero-order valence-corrected chi connectivity index (χ0v) is 7.79. The summed E-state index contributed by atoms with van der Waals surface area (Å²) in [5, 5.41) is 0. The highest BCUT2D eigenvalue weighted by Gasteiger charge is 1.99. The zero-order valence-electron chi connectivity index (χ0n) is 7.79. The van der Waals surface area contributed by atoms with E-state index in [1.54, 1.807) is 0 Å². The second kappa shape index (κ2) is 4.55. The number of aliphatic imine (C=N–C) groups is 1. The lowest BCUT2D eigenvalue weighted by atomic mass is 10.1. The lowest BCUT2D eigenvalue weighted by molar-refractivity contribution is -0.117. The third kappa shape index (κ3) is 2.82. The molecule has 0 unspecified atom stereocenters. The number of carbonyl (C=O) groups excluding carboxylic acids is 1. The SMILES string of the molecule is C=NC(=O)Cc1ccc(CC)cc1. The molecule has 0 radical (unpaired) electrons. The summed E-state index contributed by atoms with van der Waals surface area (Å²) in [7, 11) is 0. The molecule has 0 bridgehead atoms. The first-order valence-electron chi connectivity index (χ1n) is 4.33. The molecule has 0 fully saturated rings. The molecule has 0 aromatic heterocycles. The molecular formula is C11H13NO. The molecule has 0 saturated carbocycles. The Morgan fingerprint density at radius 1 is 1.31 bits per heavy atom. The fourth-order valence-electron chi connectivity index (χ4n) is 1.12. The van der Waals surface area contributed by atoms with E-state index in [9.17, 15) is 4.79 Å². The monoisotopic (exact) mass is 175 g/mol. The second-order valence-corrected chi connectivity index (χ2v) is 2.90. The quantitative estimate of drug-likeness (QED) is 0.646. The van der Waals surface area contributed by atoms with Gasteiger partial charge in [0.1, 0.15) is 0 Å². The average Bonchev–Trinajstić information content (AvgIpc) is 2.19. The van der Waals surface area contributed by atoms with E-state index in [0.717, 1.165) is 12.0 Å². The van der Waals surface area contributed by atoms with Crippen LogP contribution in [0.4, 0.5) is 0 Å². The normalized spacial score (nSPS) is 9.62. The molecule has 1 aromatic rings. The summed E-state index contributed by atoms with van der Waals surface area (Å²) in [6, 6.07) is 7.99. The topological polar surface area (TPSA) is 29.4 Å². The standard InChI is InChI=1S/C11H13NO/c1-3-9-4-6-10(7-5-9)8-11(13)12-2/h4-7H,2-3,8H2,1H3. The van der Waals surface area contributed by atoms with Crippen molar-refractivity contribution in [2.45, 2.75) is 19.8 Å². The van der Waals surface area contributed by atoms with Gasteiger partial charge in [0.2, 0.25) is 5.91 Å². The Hall–Kier alpha value is -1.44. The number of carbonyl (C=O) groups is 1. The Balaban J connectivity index is 2.69. The summed E-state index contributed by atoms with van der Waals surface area (Å²) >= 11 is 0. The summed E-state index contributed by atoms with van der Waals surface area (Å²) in [5.74, 6) is -0.177. The highest BCUT2D eigenvalue weighted by molar-refractivity contribution is 5.82. The van der Waals surface area contributed by atoms with E-state index in [-0.39, 0.29) is 5.91 Å². The number of aryl methyl sites for hydroxylation is 1. The zero-order chi connectivity index (χ0) is 9.68. The number of benzene rings is 1. The van der Waals surface area contributed by atoms with Crippen molar-refractivity contribution in [1.82, 2.24) is 0 Å². The predicted molar refractivity (Wildman–Crippen MR) is 54.1 cm³/mol. The van der Waals surface area contributed by atoms with Crippen molar-refractivity contribution < 1.29 is 4.79 Å². The van der Waals surface area contributed by atoms with Gasteiger partial charge in [-0.2, -0.15) is 0 Å². The number of rotatable bonds is 3. The van der Waals surface area contributed by atoms with Crippen LogP contribution in [0.3, 0.4) is 0 Å². The third-order valence-electron chi connectivity index (χ3n) is 1.96. The van der Waals surface area contributed by atoms with Gasteiger partial charge in [-0.1, -0.05) is 31.2 Å². The molecule has 1 amide bonds. The first kappa shape index (κ1) is 9.65. The van der Waals surface area contributed by atoms with Gasteiger partial charge in [0.25, 0.3) is 0 Å². The van der Waals surface area contributed by atoms with Gasteiger partial charge in [0.05, 0.1) is 6.42 Å². The molecule has 1 rings (SSSR count). The lowest BCUT2D eigenvalue weighted by Crippen LogP contribution is -1.97. The van der Waals surface area contributed by atoms with E-state index in [1.165, 1.54) is 5.56 Å². The Labute approximate surface area is 78.3 Å². The number of nitrogens with zero attached hydrogens (tertiary/aromatic N) is 1. The van der Waals surface area contributed by atoms with Crippen LogP contribution < -0.4 is 0 Å². The van der Waals surface area contributed by atoms with E-state index in [4.69, 9.17) is 0 Å². The molecule has 0 saturated heterocycles. The largest absolute Gasteiger partial charge is 0.272 e. The van der Waals surface area contributed by atoms with Gasteiger partial charge in [-0.05, 0) is 24.3 Å². The Kier molecular flexibility index (Phi) is 3.38. The fourth-order valence-corrected chi connectivity index (χ4v) is 1.12. The molecule has 0 aliphatic carbocycles. The Bertz CT molecular complexity index is 300. The van der Waals surface area contributed by atoms with E-state index >= 15 is 0 Å². The van der Waals surface area contributed by atoms with Crippen LogP contribution in [0, 0.1) is 0 Å². The maximum absolute atomic E-state index is 10.9. The average molecular weight is 175 g/mol. The van der Waals surface area contributed by atoms with Gasteiger partial charge >= 0.3 is 0 Å². The first-order chi connectivity index (χ1) is 6.26. The van der Waals surface area contributed by atoms with E-state index in [1.807, 2.05) is 24.3 Å². The maximum atomic E-state index is 10.9. The van der Waals surface area contributed by atoms with Crippen LogP contribution in [0.2, 0.25) is 0 Å². The molecule has 0 aliphatic heterocycles. The molecular weight excluding hydrogens is 162 g/mol. The summed E-state index contributed by atoms with van der Waals surface area (Å²) in [4.78, 5) is 14.2. The Morgan fingerprint density at radius 3 is 2.31 bits per heavy atom. The minimum Gasteiger partial charge on any atom is -0.272 e. The van der Waals surface area contributed by atoms with Crippen molar-refractivity contribution in [3.8, 4) is 0 Å². The third-order valence-corrected chi connectivity index (χ3v) is 1.96. The van der Waals surface area contributed by atoms with Crippen LogP contribution in [0.15, 0.2) is 29.3 Å². The number of hydrogen-bond donors (Lipinski definition) is 0. The van der Waals surface area contributed by atoms with Crippen molar-refractivity contribution in [1.29, 1.82) is 0 Å². The molecule has 0 N–H and O–H groups in total. The van der Waals surface area contributed by atoms with Crippen molar-refractivity contribution >= 4 is 12.6 Å². The van der Waals surface area contributed by atoms with Gasteiger partial charge in [0.15, 0.2) is 0 Å². The van der Waals surface area contributed by atoms with Crippen LogP contribution in [0.1, 0.15) is 18.1 Å². The van der Waals surface area contributed by atoms with Gasteiger partial charge in [-0.3, -0.25) is 4.79 Å². The van der Waals surface area contributed by atoms with Gasteiger partial charge in [-0.15, -0.1) is 0 Å². The first-order valence-corrected chi connectivity index (χ1v) is 4.33. The summed E-state index contributed by atoms with van der Waals surface area (Å²) < 4.78 is 0. The van der Waals surface area contributed by atoms with Crippen molar-refractivity contribution in [3.63, 3.8) is 0 Å². The molecule has 68 valence electrons. The Morgan fingerprint density at radius 2 is 1.85 bits per heavy atom. The summed E-state index contributed by atoms with van der Waals surface area (Å²) in [6.45, 7) is 5.29. The summed E-state index contributed by atoms with van der Waals surface area (Å²) in [5.41, 5.74) is 2.28. The fraction of sp³-hybridized carbons (Fsp3) is 0.273. The maximum Gasteiger partial charge on any atom is 0.249 e. The van der Waals surface area contributed by atoms with E-state index < -0.39 is 0 Å². The van der Waals surface area contributed by atoms with Crippen LogP contribution >= 0.6 is 0 Å². The minimum atomic E-state index is -0.177. The van der Waals surface area contributed by atoms with Gasteiger partial charge in [-0.25, -0.2) is 4.99 Å². The van der Waals surface area contributed by atoms with Crippen LogP contribution in [0.25, 0.3) is 0 Å². The smallest absolute Gasteiger partial charge is 0.249 e. The van der Waals surface area contributed by atoms with Gasteiger partial charge < -0.3 is 0 Å². The predicted octanol–water partition coefficient (Wildman–Crippen LogP) is 2.02. The number of amides is 1. The molecule has 2 nitrogen and oxygen atoms in total. The van der Waals surface area contributed by atoms with Crippen molar-refractivity contribution in [3.05, 3.63) is 35.4 Å². The molecule has 2 heteroatoms. The van der Waals surface area contributed by atoms with Crippen molar-refractivity contribution in [2.24, 2.45) is 4.99 Å². The molecule has 0 aliphatic rings. The minimum absolute atomic E-state index is 0.177. The van der Waals surface area contributed by atoms with Crippen LogP contribution in [-0.2, 0) is 17.6 Å². The molecule has 13 heavy (non-hydrogen) atoms. The van der Waals surface area contributed by atoms with Crippen LogP contribution in [-0.4, -0.2) is 12.6 Å². The van der Waals surface area contributed by atoms with Crippen molar-refractivity contribution in [2.75, 3.05) is 0 Å². The highest BCUT2D eigenvalue weighted by atomic mass is 16.1. The van der Waals surface area contributed by atoms with E-state index in [0.29, 0.717) is 6.42 Å². The molecule has 0 spiro atoms. The van der Waals surface area contributed by atoms with Crippen LogP contribution in [0.5, 0.6) is 0 Å². The molecule has 1 aromatic carbocycles.